The van der Waals surface area contributed by atoms with Crippen LogP contribution >= 0.6 is 0 Å². The number of nitrogens with one attached hydrogen (secondary N) is 1. The highest BCUT2D eigenvalue weighted by Crippen LogP contribution is 2.39. The van der Waals surface area contributed by atoms with Gasteiger partial charge >= 0.3 is 0 Å². The van der Waals surface area contributed by atoms with E-state index >= 15 is 0 Å². The van der Waals surface area contributed by atoms with E-state index in [0.717, 1.165) is 17.1 Å². The third-order valence-corrected chi connectivity index (χ3v) is 7.55. The van der Waals surface area contributed by atoms with Gasteiger partial charge in [-0.05, 0) is 43.0 Å². The van der Waals surface area contributed by atoms with E-state index in [9.17, 15) is 22.0 Å². The molecule has 1 aliphatic heterocycles. The Kier molecular flexibility index (Phi) is 4.49. The molecule has 0 bridgehead atoms. The van der Waals surface area contributed by atoms with Crippen molar-refractivity contribution < 1.29 is 21.9 Å². The van der Waals surface area contributed by atoms with Crippen molar-refractivity contribution in [3.63, 3.8) is 0 Å². The Morgan fingerprint density at radius 3 is 2.61 bits per heavy atom. The van der Waals surface area contributed by atoms with Gasteiger partial charge in [-0.2, -0.15) is 4.31 Å². The van der Waals surface area contributed by atoms with Crippen LogP contribution in [0.15, 0.2) is 46.3 Å². The minimum absolute atomic E-state index is 0.0886. The first-order valence-corrected chi connectivity index (χ1v) is 11.4. The van der Waals surface area contributed by atoms with Crippen LogP contribution in [0.3, 0.4) is 0 Å². The maximum Gasteiger partial charge on any atom is 0.275 e. The van der Waals surface area contributed by atoms with Crippen LogP contribution in [0.2, 0.25) is 0 Å². The monoisotopic (exact) mass is 449 g/mol. The molecule has 1 saturated carbocycles. The number of fused-ring (bicyclic) bond motifs is 1. The van der Waals surface area contributed by atoms with Crippen molar-refractivity contribution in [1.29, 1.82) is 0 Å². The van der Waals surface area contributed by atoms with Crippen LogP contribution in [-0.4, -0.2) is 47.9 Å². The zero-order valence-electron chi connectivity index (χ0n) is 16.8. The van der Waals surface area contributed by atoms with Crippen molar-refractivity contribution in [3.05, 3.63) is 47.0 Å². The first-order valence-electron chi connectivity index (χ1n) is 9.98. The predicted molar refractivity (Wildman–Crippen MR) is 111 cm³/mol. The van der Waals surface area contributed by atoms with Gasteiger partial charge in [-0.1, -0.05) is 0 Å². The molecule has 2 aliphatic rings. The second kappa shape index (κ2) is 6.89. The van der Waals surface area contributed by atoms with Gasteiger partial charge in [0.1, 0.15) is 11.3 Å². The zero-order chi connectivity index (χ0) is 22.0. The van der Waals surface area contributed by atoms with Gasteiger partial charge in [-0.15, -0.1) is 0 Å². The van der Waals surface area contributed by atoms with Gasteiger partial charge in [0.15, 0.2) is 0 Å². The highest BCUT2D eigenvalue weighted by Gasteiger charge is 2.50. The summed E-state index contributed by atoms with van der Waals surface area (Å²) < 4.78 is 60.5. The number of hydrogen-bond acceptors (Lipinski definition) is 4. The van der Waals surface area contributed by atoms with Gasteiger partial charge in [0.05, 0.1) is 24.6 Å². The minimum atomic E-state index is -4.08. The summed E-state index contributed by atoms with van der Waals surface area (Å²) in [5.41, 5.74) is 1.30. The van der Waals surface area contributed by atoms with E-state index < -0.39 is 29.0 Å². The molecule has 0 radical (unpaired) electrons. The number of pyridine rings is 1. The summed E-state index contributed by atoms with van der Waals surface area (Å²) in [6.07, 6.45) is 5.45. The molecule has 164 valence electrons. The van der Waals surface area contributed by atoms with Crippen LogP contribution in [0, 0.1) is 5.92 Å². The molecule has 0 amide bonds. The Morgan fingerprint density at radius 2 is 1.94 bits per heavy atom. The third-order valence-electron chi connectivity index (χ3n) is 5.76. The molecule has 1 N–H and O–H groups in total. The lowest BCUT2D eigenvalue weighted by Gasteiger charge is -2.37. The van der Waals surface area contributed by atoms with Crippen LogP contribution in [-0.2, 0) is 17.1 Å². The number of aromatic nitrogens is 2. The zero-order valence-corrected chi connectivity index (χ0v) is 17.6. The molecule has 7 nitrogen and oxygen atoms in total. The van der Waals surface area contributed by atoms with Crippen molar-refractivity contribution in [2.75, 3.05) is 19.7 Å². The van der Waals surface area contributed by atoms with Gasteiger partial charge in [-0.25, -0.2) is 17.2 Å². The normalized spacial score (nSPS) is 18.8. The molecule has 0 atom stereocenters. The fourth-order valence-corrected chi connectivity index (χ4v) is 5.29. The average Bonchev–Trinajstić information content (AvgIpc) is 3.41. The van der Waals surface area contributed by atoms with Gasteiger partial charge in [0.2, 0.25) is 10.0 Å². The maximum absolute atomic E-state index is 13.3. The summed E-state index contributed by atoms with van der Waals surface area (Å²) >= 11 is 0. The van der Waals surface area contributed by atoms with Gasteiger partial charge in [-0.3, -0.25) is 4.79 Å². The van der Waals surface area contributed by atoms with Crippen LogP contribution in [0.1, 0.15) is 12.8 Å². The molecular formula is C21H21F2N3O4S. The second-order valence-electron chi connectivity index (χ2n) is 8.27. The molecule has 5 rings (SSSR count). The molecule has 10 heteroatoms. The molecule has 3 aromatic rings. The van der Waals surface area contributed by atoms with E-state index in [4.69, 9.17) is 4.74 Å². The first-order chi connectivity index (χ1) is 14.7. The predicted octanol–water partition coefficient (Wildman–Crippen LogP) is 2.96. The molecule has 2 aromatic heterocycles. The van der Waals surface area contributed by atoms with Crippen molar-refractivity contribution in [2.24, 2.45) is 13.0 Å². The molecule has 1 aliphatic carbocycles. The van der Waals surface area contributed by atoms with Gasteiger partial charge in [0.25, 0.3) is 11.5 Å². The van der Waals surface area contributed by atoms with Gasteiger partial charge in [0, 0.05) is 36.0 Å². The Morgan fingerprint density at radius 1 is 1.19 bits per heavy atom. The number of nitrogens with zero attached hydrogens (tertiary/aromatic N) is 2. The smallest absolute Gasteiger partial charge is 0.275 e. The van der Waals surface area contributed by atoms with E-state index in [-0.39, 0.29) is 10.5 Å². The largest absolute Gasteiger partial charge is 0.493 e. The fourth-order valence-electron chi connectivity index (χ4n) is 3.77. The SMILES string of the molecule is Cn1cc(-c2cc(S(=O)(=O)N3CC(F)(F)C3)ccc2OCC2CC2)c2cc[nH]c2c1=O. The van der Waals surface area contributed by atoms with E-state index in [1.54, 1.807) is 31.6 Å². The molecule has 1 aromatic carbocycles. The number of halogens is 2. The number of aryl methyl sites for hydroxylation is 1. The Labute approximate surface area is 177 Å². The maximum atomic E-state index is 13.3. The minimum Gasteiger partial charge on any atom is -0.493 e. The van der Waals surface area contributed by atoms with Gasteiger partial charge < -0.3 is 14.3 Å². The molecule has 0 spiro atoms. The standard InChI is InChI=1S/C21H21F2N3O4S/c1-25-9-17(15-6-7-24-19(15)20(25)27)16-8-14(4-5-18(16)30-10-13-2-3-13)31(28,29)26-11-21(22,23)12-26/h4-9,13,24H,2-3,10-12H2,1H3. The summed E-state index contributed by atoms with van der Waals surface area (Å²) in [4.78, 5) is 15.3. The van der Waals surface area contributed by atoms with E-state index in [0.29, 0.717) is 40.3 Å². The van der Waals surface area contributed by atoms with Crippen LogP contribution in [0.4, 0.5) is 8.78 Å². The van der Waals surface area contributed by atoms with Crippen molar-refractivity contribution >= 4 is 20.9 Å². The number of benzene rings is 1. The highest BCUT2D eigenvalue weighted by molar-refractivity contribution is 7.89. The number of sulfonamides is 1. The van der Waals surface area contributed by atoms with Crippen LogP contribution < -0.4 is 10.3 Å². The Hall–Kier alpha value is -2.72. The third kappa shape index (κ3) is 3.53. The number of aromatic amines is 1. The highest BCUT2D eigenvalue weighted by atomic mass is 32.2. The fraction of sp³-hybridized carbons (Fsp3) is 0.381. The van der Waals surface area contributed by atoms with Crippen LogP contribution in [0.25, 0.3) is 22.0 Å². The lowest BCUT2D eigenvalue weighted by Crippen LogP contribution is -2.58. The average molecular weight is 449 g/mol. The van der Waals surface area contributed by atoms with E-state index in [2.05, 4.69) is 4.98 Å². The number of ether oxygens (including phenoxy) is 1. The first kappa shape index (κ1) is 20.2. The number of H-pyrrole nitrogens is 1. The number of alkyl halides is 2. The molecule has 3 heterocycles. The molecule has 0 unspecified atom stereocenters. The summed E-state index contributed by atoms with van der Waals surface area (Å²) in [6.45, 7) is -1.14. The molecule has 1 saturated heterocycles. The van der Waals surface area contributed by atoms with Crippen LogP contribution in [0.5, 0.6) is 5.75 Å². The van der Waals surface area contributed by atoms with E-state index in [1.165, 1.54) is 16.7 Å². The molecule has 2 fully saturated rings. The number of hydrogen-bond donors (Lipinski definition) is 1. The van der Waals surface area contributed by atoms with E-state index in [1.807, 2.05) is 0 Å². The molecule has 31 heavy (non-hydrogen) atoms. The summed E-state index contributed by atoms with van der Waals surface area (Å²) in [7, 11) is -2.47. The summed E-state index contributed by atoms with van der Waals surface area (Å²) in [6, 6.07) is 6.13. The second-order valence-corrected chi connectivity index (χ2v) is 10.2. The Bertz CT molecular complexity index is 1330. The summed E-state index contributed by atoms with van der Waals surface area (Å²) in [5.74, 6) is -2.04. The quantitative estimate of drug-likeness (QED) is 0.627. The topological polar surface area (TPSA) is 84.4 Å². The lowest BCUT2D eigenvalue weighted by atomic mass is 10.0. The molecular weight excluding hydrogens is 428 g/mol. The lowest BCUT2D eigenvalue weighted by molar-refractivity contribution is -0.0945. The Balaban J connectivity index is 1.64. The summed E-state index contributed by atoms with van der Waals surface area (Å²) in [5, 5.41) is 0.629. The van der Waals surface area contributed by atoms with Crippen molar-refractivity contribution in [1.82, 2.24) is 13.9 Å². The van der Waals surface area contributed by atoms with Crippen molar-refractivity contribution in [2.45, 2.75) is 23.7 Å². The number of rotatable bonds is 6. The van der Waals surface area contributed by atoms with Crippen molar-refractivity contribution in [3.8, 4) is 16.9 Å².